The van der Waals surface area contributed by atoms with Gasteiger partial charge in [-0.2, -0.15) is 0 Å². The zero-order valence-electron chi connectivity index (χ0n) is 16.5. The average Bonchev–Trinajstić information content (AvgIpc) is 3.00. The molecule has 0 bridgehead atoms. The first-order chi connectivity index (χ1) is 13.8. The zero-order chi connectivity index (χ0) is 21.1. The summed E-state index contributed by atoms with van der Waals surface area (Å²) in [4.78, 5) is 36.1. The van der Waals surface area contributed by atoms with E-state index in [4.69, 9.17) is 15.2 Å². The summed E-state index contributed by atoms with van der Waals surface area (Å²) in [5, 5.41) is 0.445. The topological polar surface area (TPSA) is 101 Å². The van der Waals surface area contributed by atoms with Crippen molar-refractivity contribution < 1.29 is 23.9 Å². The molecule has 1 unspecified atom stereocenters. The molecule has 3 rings (SSSR count). The first-order valence-electron chi connectivity index (χ1n) is 9.09. The van der Waals surface area contributed by atoms with E-state index in [2.05, 4.69) is 0 Å². The Morgan fingerprint density at radius 1 is 1.07 bits per heavy atom. The van der Waals surface area contributed by atoms with Crippen LogP contribution in [0.3, 0.4) is 0 Å². The fraction of sp³-hybridized carbons (Fsp3) is 0.227. The van der Waals surface area contributed by atoms with Gasteiger partial charge < -0.3 is 19.8 Å². The molecule has 0 saturated heterocycles. The minimum Gasteiger partial charge on any atom is -0.478 e. The predicted octanol–water partition coefficient (Wildman–Crippen LogP) is 2.61. The molecule has 0 radical (unpaired) electrons. The molecule has 0 saturated carbocycles. The Balaban J connectivity index is 2.21. The lowest BCUT2D eigenvalue weighted by Crippen LogP contribution is -2.26. The number of Topliss-reactive ketones (excluding diaryl/α,β-unsaturated/α-hetero) is 1. The first-order valence-corrected chi connectivity index (χ1v) is 9.09. The Morgan fingerprint density at radius 2 is 1.76 bits per heavy atom. The number of nitrogens with zero attached hydrogens (tertiary/aromatic N) is 1. The molecule has 3 aromatic rings. The third kappa shape index (κ3) is 3.85. The number of fused-ring (bicyclic) bond motifs is 1. The highest BCUT2D eigenvalue weighted by Crippen LogP contribution is 2.35. The van der Waals surface area contributed by atoms with Gasteiger partial charge in [0.1, 0.15) is 5.75 Å². The van der Waals surface area contributed by atoms with Gasteiger partial charge in [-0.1, -0.05) is 36.4 Å². The second kappa shape index (κ2) is 8.18. The van der Waals surface area contributed by atoms with E-state index >= 15 is 0 Å². The van der Waals surface area contributed by atoms with Crippen LogP contribution in [0.15, 0.2) is 48.5 Å². The third-order valence-electron chi connectivity index (χ3n) is 4.78. The van der Waals surface area contributed by atoms with Crippen molar-refractivity contribution in [1.82, 2.24) is 4.57 Å². The monoisotopic (exact) mass is 394 g/mol. The van der Waals surface area contributed by atoms with Gasteiger partial charge in [-0.3, -0.25) is 9.59 Å². The number of carbonyl (C=O) groups is 3. The van der Waals surface area contributed by atoms with E-state index in [-0.39, 0.29) is 5.56 Å². The lowest BCUT2D eigenvalue weighted by atomic mass is 10.1. The van der Waals surface area contributed by atoms with Crippen LogP contribution in [0, 0.1) is 6.92 Å². The maximum atomic E-state index is 12.6. The molecule has 2 aromatic carbocycles. The summed E-state index contributed by atoms with van der Waals surface area (Å²) >= 11 is 0. The number of hydrogen-bond acceptors (Lipinski definition) is 5. The van der Waals surface area contributed by atoms with Crippen LogP contribution in [0.2, 0.25) is 0 Å². The van der Waals surface area contributed by atoms with Gasteiger partial charge in [0.25, 0.3) is 11.7 Å². The van der Waals surface area contributed by atoms with Gasteiger partial charge in [-0.15, -0.1) is 0 Å². The number of nitrogens with two attached hydrogens (primary N) is 1. The SMILES string of the molecule is COC(=O)C(C)Oc1cccc2c1c(C(=O)C(N)=O)c(C)n2Cc1ccccc1. The van der Waals surface area contributed by atoms with E-state index < -0.39 is 23.8 Å². The molecular weight excluding hydrogens is 372 g/mol. The molecule has 29 heavy (non-hydrogen) atoms. The highest BCUT2D eigenvalue weighted by atomic mass is 16.6. The predicted molar refractivity (Wildman–Crippen MR) is 108 cm³/mol. The van der Waals surface area contributed by atoms with Gasteiger partial charge in [0.15, 0.2) is 6.10 Å². The number of benzene rings is 2. The molecule has 0 aliphatic heterocycles. The van der Waals surface area contributed by atoms with Crippen molar-refractivity contribution in [2.45, 2.75) is 26.5 Å². The highest BCUT2D eigenvalue weighted by molar-refractivity contribution is 6.45. The number of esters is 1. The number of carbonyl (C=O) groups excluding carboxylic acids is 3. The molecular formula is C22H22N2O5. The summed E-state index contributed by atoms with van der Waals surface area (Å²) in [7, 11) is 1.27. The lowest BCUT2D eigenvalue weighted by Gasteiger charge is -2.14. The second-order valence-corrected chi connectivity index (χ2v) is 6.66. The summed E-state index contributed by atoms with van der Waals surface area (Å²) in [6, 6.07) is 15.0. The number of ether oxygens (including phenoxy) is 2. The summed E-state index contributed by atoms with van der Waals surface area (Å²) in [5.41, 5.74) is 7.79. The van der Waals surface area contributed by atoms with Crippen LogP contribution in [0.1, 0.15) is 28.5 Å². The van der Waals surface area contributed by atoms with Crippen molar-refractivity contribution >= 4 is 28.6 Å². The lowest BCUT2D eigenvalue weighted by molar-refractivity contribution is -0.147. The van der Waals surface area contributed by atoms with Crippen LogP contribution >= 0.6 is 0 Å². The molecule has 1 atom stereocenters. The smallest absolute Gasteiger partial charge is 0.346 e. The van der Waals surface area contributed by atoms with Crippen LogP contribution in [0.4, 0.5) is 0 Å². The number of amides is 1. The van der Waals surface area contributed by atoms with E-state index in [1.807, 2.05) is 41.0 Å². The number of hydrogen-bond donors (Lipinski definition) is 1. The normalized spacial score (nSPS) is 11.8. The van der Waals surface area contributed by atoms with Gasteiger partial charge in [-0.25, -0.2) is 4.79 Å². The highest BCUT2D eigenvalue weighted by Gasteiger charge is 2.27. The molecule has 0 aliphatic rings. The maximum Gasteiger partial charge on any atom is 0.346 e. The molecule has 0 aliphatic carbocycles. The van der Waals surface area contributed by atoms with Crippen molar-refractivity contribution in [1.29, 1.82) is 0 Å². The van der Waals surface area contributed by atoms with Crippen LogP contribution < -0.4 is 10.5 Å². The zero-order valence-corrected chi connectivity index (χ0v) is 16.5. The standard InChI is InChI=1S/C22H22N2O5/c1-13-18(20(25)21(23)26)19-16(24(13)12-15-8-5-4-6-9-15)10-7-11-17(19)29-14(2)22(27)28-3/h4-11,14H,12H2,1-3H3,(H2,23,26). The molecule has 150 valence electrons. The Labute approximate surface area is 168 Å². The average molecular weight is 394 g/mol. The van der Waals surface area contributed by atoms with Gasteiger partial charge >= 0.3 is 5.97 Å². The second-order valence-electron chi connectivity index (χ2n) is 6.66. The van der Waals surface area contributed by atoms with Crippen LogP contribution in [0.5, 0.6) is 5.75 Å². The molecule has 2 N–H and O–H groups in total. The summed E-state index contributed by atoms with van der Waals surface area (Å²) in [6.07, 6.45) is -0.889. The number of rotatable bonds is 7. The summed E-state index contributed by atoms with van der Waals surface area (Å²) in [5.74, 6) is -2.10. The third-order valence-corrected chi connectivity index (χ3v) is 4.78. The minimum atomic E-state index is -1.05. The largest absolute Gasteiger partial charge is 0.478 e. The van der Waals surface area contributed by atoms with E-state index in [0.29, 0.717) is 28.9 Å². The Morgan fingerprint density at radius 3 is 2.38 bits per heavy atom. The first kappa shape index (κ1) is 20.1. The molecule has 0 spiro atoms. The fourth-order valence-electron chi connectivity index (χ4n) is 3.37. The van der Waals surface area contributed by atoms with Gasteiger partial charge in [0, 0.05) is 12.2 Å². The fourth-order valence-corrected chi connectivity index (χ4v) is 3.37. The number of ketones is 1. The van der Waals surface area contributed by atoms with Crippen molar-refractivity contribution in [3.63, 3.8) is 0 Å². The Bertz CT molecular complexity index is 1090. The molecule has 1 amide bonds. The van der Waals surface area contributed by atoms with Crippen molar-refractivity contribution in [2.24, 2.45) is 5.73 Å². The van der Waals surface area contributed by atoms with Gasteiger partial charge in [0.05, 0.1) is 23.6 Å². The Kier molecular flexibility index (Phi) is 5.68. The van der Waals surface area contributed by atoms with Crippen LogP contribution in [-0.2, 0) is 20.9 Å². The van der Waals surface area contributed by atoms with E-state index in [0.717, 1.165) is 5.56 Å². The summed E-state index contributed by atoms with van der Waals surface area (Å²) in [6.45, 7) is 3.80. The number of primary amides is 1. The van der Waals surface area contributed by atoms with Crippen molar-refractivity contribution in [2.75, 3.05) is 7.11 Å². The van der Waals surface area contributed by atoms with Crippen molar-refractivity contribution in [3.8, 4) is 5.75 Å². The molecule has 1 aromatic heterocycles. The molecule has 0 fully saturated rings. The summed E-state index contributed by atoms with van der Waals surface area (Å²) < 4.78 is 12.4. The van der Waals surface area contributed by atoms with E-state index in [9.17, 15) is 14.4 Å². The number of methoxy groups -OCH3 is 1. The minimum absolute atomic E-state index is 0.177. The van der Waals surface area contributed by atoms with Gasteiger partial charge in [-0.05, 0) is 31.5 Å². The maximum absolute atomic E-state index is 12.6. The van der Waals surface area contributed by atoms with Crippen LogP contribution in [0.25, 0.3) is 10.9 Å². The van der Waals surface area contributed by atoms with E-state index in [1.165, 1.54) is 7.11 Å². The molecule has 7 nitrogen and oxygen atoms in total. The number of aromatic nitrogens is 1. The van der Waals surface area contributed by atoms with Gasteiger partial charge in [0.2, 0.25) is 0 Å². The molecule has 7 heteroatoms. The molecule has 1 heterocycles. The Hall–Kier alpha value is -3.61. The van der Waals surface area contributed by atoms with E-state index in [1.54, 1.807) is 26.0 Å². The van der Waals surface area contributed by atoms with Crippen LogP contribution in [-0.4, -0.2) is 35.4 Å². The van der Waals surface area contributed by atoms with Crippen molar-refractivity contribution in [3.05, 3.63) is 65.4 Å². The quantitative estimate of drug-likeness (QED) is 0.377.